The number of hydrogen-bond acceptors (Lipinski definition) is 8. The zero-order chi connectivity index (χ0) is 68.6. The summed E-state index contributed by atoms with van der Waals surface area (Å²) in [5.41, 5.74) is 5.41. The molecule has 0 aliphatic carbocycles. The summed E-state index contributed by atoms with van der Waals surface area (Å²) in [5.74, 6) is -0.828. The maximum atomic E-state index is 12.8. The average molecular weight is 1340 g/mol. The number of ether oxygens (including phenoxy) is 2. The lowest BCUT2D eigenvalue weighted by molar-refractivity contribution is -0.161. The van der Waals surface area contributed by atoms with E-state index in [1.807, 2.05) is 0 Å². The van der Waals surface area contributed by atoms with Crippen LogP contribution in [0.1, 0.15) is 322 Å². The van der Waals surface area contributed by atoms with Gasteiger partial charge in [-0.1, -0.05) is 351 Å². The van der Waals surface area contributed by atoms with Crippen LogP contribution in [0.2, 0.25) is 0 Å². The number of rotatable bonds is 71. The van der Waals surface area contributed by atoms with Gasteiger partial charge in [0.25, 0.3) is 0 Å². The van der Waals surface area contributed by atoms with E-state index in [2.05, 4.69) is 184 Å². The minimum Gasteiger partial charge on any atom is -0.462 e. The zero-order valence-corrected chi connectivity index (χ0v) is 61.7. The smallest absolute Gasteiger partial charge is 0.462 e. The van der Waals surface area contributed by atoms with Gasteiger partial charge in [0.05, 0.1) is 13.2 Å². The Balaban J connectivity index is 3.88. The monoisotopic (exact) mass is 1340 g/mol. The fourth-order valence-corrected chi connectivity index (χ4v) is 11.2. The SMILES string of the molecule is CC/C=C\C/C=C\C/C=C\C/C=C\C/C=C\C/C=C\C/C=C\C/C=C\CCCCCCCCCCCCCCC(=O)OC(COC(=O)CCCCCCCCCCCCCCCCCCCC/C=C\C/C=C\C/C=C\C/C=C\C/C=C\C/C=C\CC)COP(=O)(O)OCCN. The molecule has 0 saturated carbocycles. The Morgan fingerprint density at radius 2 is 0.547 bits per heavy atom. The topological polar surface area (TPSA) is 134 Å². The molecule has 2 atom stereocenters. The van der Waals surface area contributed by atoms with E-state index in [0.717, 1.165) is 128 Å². The molecule has 3 N–H and O–H groups in total. The summed E-state index contributed by atoms with van der Waals surface area (Å²) in [6, 6.07) is 0. The fraction of sp³-hybridized carbons (Fsp3) is 0.647. The molecule has 10 heteroatoms. The fourth-order valence-electron chi connectivity index (χ4n) is 10.5. The molecule has 0 heterocycles. The summed E-state index contributed by atoms with van der Waals surface area (Å²) in [5, 5.41) is 0. The Hall–Kier alpha value is -4.63. The van der Waals surface area contributed by atoms with Crippen molar-refractivity contribution in [3.63, 3.8) is 0 Å². The highest BCUT2D eigenvalue weighted by Gasteiger charge is 2.26. The van der Waals surface area contributed by atoms with Crippen molar-refractivity contribution in [2.24, 2.45) is 5.73 Å². The van der Waals surface area contributed by atoms with Crippen LogP contribution in [0, 0.1) is 0 Å². The van der Waals surface area contributed by atoms with Crippen molar-refractivity contribution in [3.8, 4) is 0 Å². The van der Waals surface area contributed by atoms with Gasteiger partial charge in [0.1, 0.15) is 6.61 Å². The van der Waals surface area contributed by atoms with Crippen LogP contribution >= 0.6 is 7.82 Å². The van der Waals surface area contributed by atoms with Gasteiger partial charge in [0, 0.05) is 19.4 Å². The summed E-state index contributed by atoms with van der Waals surface area (Å²) >= 11 is 0. The Kier molecular flexibility index (Phi) is 74.5. The number of unbranched alkanes of at least 4 members (excludes halogenated alkanes) is 30. The molecule has 0 aromatic heterocycles. The van der Waals surface area contributed by atoms with Crippen LogP contribution in [0.15, 0.2) is 170 Å². The first kappa shape index (κ1) is 90.4. The van der Waals surface area contributed by atoms with Gasteiger partial charge in [-0.25, -0.2) is 4.57 Å². The van der Waals surface area contributed by atoms with Crippen LogP contribution in [0.3, 0.4) is 0 Å². The lowest BCUT2D eigenvalue weighted by Crippen LogP contribution is -2.29. The van der Waals surface area contributed by atoms with Crippen LogP contribution in [-0.4, -0.2) is 49.3 Å². The summed E-state index contributed by atoms with van der Waals surface area (Å²) in [6.45, 7) is 3.53. The van der Waals surface area contributed by atoms with E-state index in [1.165, 1.54) is 161 Å². The van der Waals surface area contributed by atoms with E-state index >= 15 is 0 Å². The standard InChI is InChI=1S/C85H142NO8P/c1-3-5-7-9-11-13-15-17-19-21-23-25-27-29-31-33-35-37-39-41-43-45-47-49-51-53-55-57-59-61-63-65-67-69-71-73-75-77-84(87)91-81-83(82-93-95(89,90)92-80-79-86)94-85(88)78-76-74-72-70-68-66-64-62-60-58-56-54-52-50-48-46-44-42-40-38-36-34-32-30-28-26-24-22-20-18-16-14-12-10-8-6-4-2/h5-8,11-14,17-20,23-26,29-32,35-38,42,44,48,50,83H,3-4,9-10,15-16,21-22,27-28,33-34,39-41,43,45-47,49,51-82,86H2,1-2H3,(H,89,90)/b7-5-,8-6-,13-11-,14-12-,19-17-,20-18-,25-23-,26-24-,31-29-,32-30-,37-35-,38-36-,44-42-,50-48-. The zero-order valence-electron chi connectivity index (χ0n) is 60.8. The van der Waals surface area contributed by atoms with Crippen LogP contribution in [0.5, 0.6) is 0 Å². The van der Waals surface area contributed by atoms with Gasteiger partial charge < -0.3 is 20.1 Å². The number of esters is 2. The van der Waals surface area contributed by atoms with Gasteiger partial charge in [-0.15, -0.1) is 0 Å². The average Bonchev–Trinajstić information content (AvgIpc) is 2.64. The summed E-state index contributed by atoms with van der Waals surface area (Å²) in [7, 11) is -4.41. The molecule has 9 nitrogen and oxygen atoms in total. The number of phosphoric ester groups is 1. The molecule has 0 saturated heterocycles. The molecule has 0 aliphatic rings. The van der Waals surface area contributed by atoms with Crippen molar-refractivity contribution < 1.29 is 37.6 Å². The van der Waals surface area contributed by atoms with Crippen molar-refractivity contribution in [2.45, 2.75) is 328 Å². The van der Waals surface area contributed by atoms with E-state index in [1.54, 1.807) is 0 Å². The van der Waals surface area contributed by atoms with E-state index in [9.17, 15) is 19.0 Å². The van der Waals surface area contributed by atoms with Gasteiger partial charge in [0.15, 0.2) is 6.10 Å². The molecule has 0 aromatic rings. The predicted molar refractivity (Wildman–Crippen MR) is 413 cm³/mol. The highest BCUT2D eigenvalue weighted by molar-refractivity contribution is 7.47. The van der Waals surface area contributed by atoms with Gasteiger partial charge >= 0.3 is 19.8 Å². The third-order valence-electron chi connectivity index (χ3n) is 16.1. The number of hydrogen-bond donors (Lipinski definition) is 2. The molecule has 2 unspecified atom stereocenters. The number of nitrogens with two attached hydrogens (primary N) is 1. The van der Waals surface area contributed by atoms with E-state index in [-0.39, 0.29) is 38.6 Å². The minimum atomic E-state index is -4.41. The largest absolute Gasteiger partial charge is 0.472 e. The second-order valence-corrected chi connectivity index (χ2v) is 26.6. The van der Waals surface area contributed by atoms with Crippen LogP contribution < -0.4 is 5.73 Å². The van der Waals surface area contributed by atoms with Crippen molar-refractivity contribution >= 4 is 19.8 Å². The molecule has 0 radical (unpaired) electrons. The van der Waals surface area contributed by atoms with Crippen LogP contribution in [0.25, 0.3) is 0 Å². The molecule has 95 heavy (non-hydrogen) atoms. The van der Waals surface area contributed by atoms with Crippen LogP contribution in [-0.2, 0) is 32.7 Å². The second kappa shape index (κ2) is 78.4. The van der Waals surface area contributed by atoms with Crippen molar-refractivity contribution in [2.75, 3.05) is 26.4 Å². The number of phosphoric acid groups is 1. The number of allylic oxidation sites excluding steroid dienone is 28. The molecule has 0 aromatic carbocycles. The summed E-state index contributed by atoms with van der Waals surface area (Å²) in [4.78, 5) is 35.5. The molecular weight excluding hydrogens is 1190 g/mol. The van der Waals surface area contributed by atoms with Gasteiger partial charge in [-0.05, 0) is 128 Å². The van der Waals surface area contributed by atoms with Gasteiger partial charge in [-0.2, -0.15) is 0 Å². The van der Waals surface area contributed by atoms with E-state index < -0.39 is 26.5 Å². The summed E-state index contributed by atoms with van der Waals surface area (Å²) in [6.07, 6.45) is 116. The Bertz CT molecular complexity index is 2170. The van der Waals surface area contributed by atoms with E-state index in [0.29, 0.717) is 6.42 Å². The number of carbonyl (C=O) groups excluding carboxylic acids is 2. The summed E-state index contributed by atoms with van der Waals surface area (Å²) < 4.78 is 33.3. The maximum Gasteiger partial charge on any atom is 0.472 e. The first-order valence-corrected chi connectivity index (χ1v) is 40.1. The Labute approximate surface area is 584 Å². The first-order chi connectivity index (χ1) is 46.8. The molecule has 0 amide bonds. The lowest BCUT2D eigenvalue weighted by Gasteiger charge is -2.19. The predicted octanol–water partition coefficient (Wildman–Crippen LogP) is 26.1. The maximum absolute atomic E-state index is 12.8. The highest BCUT2D eigenvalue weighted by Crippen LogP contribution is 2.43. The highest BCUT2D eigenvalue weighted by atomic mass is 31.2. The first-order valence-electron chi connectivity index (χ1n) is 38.6. The minimum absolute atomic E-state index is 0.0475. The van der Waals surface area contributed by atoms with Crippen molar-refractivity contribution in [1.82, 2.24) is 0 Å². The van der Waals surface area contributed by atoms with Crippen molar-refractivity contribution in [3.05, 3.63) is 170 Å². The molecule has 0 aliphatic heterocycles. The van der Waals surface area contributed by atoms with E-state index in [4.69, 9.17) is 24.3 Å². The normalized spacial score (nSPS) is 13.9. The van der Waals surface area contributed by atoms with Crippen LogP contribution in [0.4, 0.5) is 0 Å². The molecule has 0 fully saturated rings. The third-order valence-corrected chi connectivity index (χ3v) is 17.1. The molecule has 540 valence electrons. The lowest BCUT2D eigenvalue weighted by atomic mass is 10.0. The van der Waals surface area contributed by atoms with Gasteiger partial charge in [-0.3, -0.25) is 18.6 Å². The Morgan fingerprint density at radius 1 is 0.316 bits per heavy atom. The molecule has 0 spiro atoms. The van der Waals surface area contributed by atoms with Gasteiger partial charge in [0.2, 0.25) is 0 Å². The quantitative estimate of drug-likeness (QED) is 0.0264. The molecule has 0 bridgehead atoms. The van der Waals surface area contributed by atoms with Crippen molar-refractivity contribution in [1.29, 1.82) is 0 Å². The number of carbonyl (C=O) groups is 2. The molecular formula is C85H142NO8P. The molecule has 0 rings (SSSR count). The Morgan fingerprint density at radius 3 is 0.811 bits per heavy atom. The second-order valence-electron chi connectivity index (χ2n) is 25.1. The third kappa shape index (κ3) is 78.3.